The van der Waals surface area contributed by atoms with Crippen molar-refractivity contribution < 1.29 is 0 Å². The van der Waals surface area contributed by atoms with Crippen molar-refractivity contribution in [3.8, 4) is 22.4 Å². The van der Waals surface area contributed by atoms with Crippen molar-refractivity contribution in [1.29, 1.82) is 0 Å². The van der Waals surface area contributed by atoms with E-state index in [0.717, 1.165) is 88.5 Å². The first-order valence-corrected chi connectivity index (χ1v) is 14.3. The van der Waals surface area contributed by atoms with Gasteiger partial charge in [-0.3, -0.25) is 0 Å². The Bertz CT molecular complexity index is 1570. The number of aromatic nitrogens is 5. The van der Waals surface area contributed by atoms with Gasteiger partial charge in [0.15, 0.2) is 0 Å². The molecule has 0 spiro atoms. The van der Waals surface area contributed by atoms with E-state index in [1.54, 1.807) is 11.3 Å². The van der Waals surface area contributed by atoms with Crippen molar-refractivity contribution in [2.24, 2.45) is 0 Å². The lowest BCUT2D eigenvalue weighted by molar-refractivity contribution is 0.270. The van der Waals surface area contributed by atoms with E-state index in [4.69, 9.17) is 15.0 Å². The predicted molar refractivity (Wildman–Crippen MR) is 159 cm³/mol. The van der Waals surface area contributed by atoms with Crippen molar-refractivity contribution in [2.45, 2.75) is 26.8 Å². The molecule has 3 aromatic heterocycles. The Morgan fingerprint density at radius 3 is 2.51 bits per heavy atom. The van der Waals surface area contributed by atoms with E-state index < -0.39 is 0 Å². The summed E-state index contributed by atoms with van der Waals surface area (Å²) in [4.78, 5) is 27.9. The quantitative estimate of drug-likeness (QED) is 0.278. The Morgan fingerprint density at radius 2 is 1.72 bits per heavy atom. The lowest BCUT2D eigenvalue weighted by atomic mass is 10.0. The Labute approximate surface area is 232 Å². The third-order valence-electron chi connectivity index (χ3n) is 7.29. The van der Waals surface area contributed by atoms with Gasteiger partial charge < -0.3 is 15.1 Å². The molecule has 1 saturated heterocycles. The second-order valence-electron chi connectivity index (χ2n) is 9.91. The first kappa shape index (κ1) is 25.3. The van der Waals surface area contributed by atoms with Gasteiger partial charge in [-0.2, -0.15) is 0 Å². The molecule has 0 bridgehead atoms. The first-order valence-electron chi connectivity index (χ1n) is 13.4. The fourth-order valence-corrected chi connectivity index (χ4v) is 5.71. The summed E-state index contributed by atoms with van der Waals surface area (Å²) in [7, 11) is 0. The minimum absolute atomic E-state index is 0.0473. The second-order valence-corrected chi connectivity index (χ2v) is 10.8. The van der Waals surface area contributed by atoms with Gasteiger partial charge in [-0.25, -0.2) is 24.9 Å². The number of nitrogens with one attached hydrogen (secondary N) is 1. The van der Waals surface area contributed by atoms with Gasteiger partial charge in [0.2, 0.25) is 5.95 Å². The topological polar surface area (TPSA) is 83.0 Å². The second kappa shape index (κ2) is 11.0. The molecule has 1 fully saturated rings. The highest BCUT2D eigenvalue weighted by Gasteiger charge is 2.18. The summed E-state index contributed by atoms with van der Waals surface area (Å²) in [5.41, 5.74) is 8.12. The van der Waals surface area contributed by atoms with E-state index in [2.05, 4.69) is 75.3 Å². The molecule has 5 aromatic rings. The summed E-state index contributed by atoms with van der Waals surface area (Å²) >= 11 is 1.64. The van der Waals surface area contributed by atoms with Crippen LogP contribution in [0.3, 0.4) is 0 Å². The molecule has 1 aliphatic heterocycles. The van der Waals surface area contributed by atoms with E-state index in [1.165, 1.54) is 0 Å². The summed E-state index contributed by atoms with van der Waals surface area (Å²) in [5.74, 6) is 2.34. The molecule has 9 heteroatoms. The Balaban J connectivity index is 1.17. The van der Waals surface area contributed by atoms with Crippen LogP contribution in [-0.2, 0) is 0 Å². The molecular formula is C30H32N8S. The average molecular weight is 537 g/mol. The lowest BCUT2D eigenvalue weighted by Gasteiger charge is -2.33. The summed E-state index contributed by atoms with van der Waals surface area (Å²) in [5, 5.41) is 3.58. The van der Waals surface area contributed by atoms with Gasteiger partial charge >= 0.3 is 0 Å². The number of aryl methyl sites for hydroxylation is 1. The highest BCUT2D eigenvalue weighted by Crippen LogP contribution is 2.29. The molecule has 8 nitrogen and oxygen atoms in total. The number of benzene rings is 2. The van der Waals surface area contributed by atoms with Crippen LogP contribution < -0.4 is 10.2 Å². The van der Waals surface area contributed by atoms with Crippen LogP contribution in [0.4, 0.5) is 11.8 Å². The maximum Gasteiger partial charge on any atom is 0.225 e. The molecular weight excluding hydrogens is 504 g/mol. The molecule has 0 aliphatic carbocycles. The number of anilines is 2. The molecule has 0 unspecified atom stereocenters. The highest BCUT2D eigenvalue weighted by molar-refractivity contribution is 7.16. The van der Waals surface area contributed by atoms with Crippen molar-refractivity contribution in [2.75, 3.05) is 42.9 Å². The largest absolute Gasteiger partial charge is 0.363 e. The Kier molecular flexibility index (Phi) is 7.17. The fourth-order valence-electron chi connectivity index (χ4n) is 4.99. The third-order valence-corrected chi connectivity index (χ3v) is 8.08. The van der Waals surface area contributed by atoms with E-state index in [0.29, 0.717) is 0 Å². The number of fused-ring (bicyclic) bond motifs is 1. The third kappa shape index (κ3) is 5.60. The van der Waals surface area contributed by atoms with Crippen molar-refractivity contribution >= 4 is 33.3 Å². The van der Waals surface area contributed by atoms with E-state index >= 15 is 0 Å². The van der Waals surface area contributed by atoms with Crippen LogP contribution in [0, 0.1) is 6.92 Å². The van der Waals surface area contributed by atoms with Gasteiger partial charge in [-0.1, -0.05) is 31.2 Å². The standard InChI is InChI=1S/C30H32N8S/c1-4-37-10-12-38(13-11-37)30-31-17-25(18-32-30)23-7-5-6-22(14-23)20(2)34-29-16-27(35-21(3)36-29)24-8-9-26-28(15-24)39-19-33-26/h5-9,14-20H,4,10-13H2,1-3H3,(H,34,35,36)/t20-/m0/s1. The number of thiazole rings is 1. The minimum Gasteiger partial charge on any atom is -0.363 e. The van der Waals surface area contributed by atoms with Crippen LogP contribution in [0.1, 0.15) is 31.3 Å². The fraction of sp³-hybridized carbons (Fsp3) is 0.300. The number of piperazine rings is 1. The lowest BCUT2D eigenvalue weighted by Crippen LogP contribution is -2.46. The van der Waals surface area contributed by atoms with Crippen LogP contribution in [0.25, 0.3) is 32.6 Å². The zero-order valence-corrected chi connectivity index (χ0v) is 23.3. The maximum atomic E-state index is 4.70. The zero-order valence-electron chi connectivity index (χ0n) is 22.5. The summed E-state index contributed by atoms with van der Waals surface area (Å²) < 4.78 is 1.15. The van der Waals surface area contributed by atoms with Gasteiger partial charge in [-0.05, 0) is 49.7 Å². The minimum atomic E-state index is 0.0473. The maximum absolute atomic E-state index is 4.70. The number of nitrogens with zero attached hydrogens (tertiary/aromatic N) is 7. The normalized spacial score (nSPS) is 15.0. The summed E-state index contributed by atoms with van der Waals surface area (Å²) in [6, 6.07) is 16.8. The number of likely N-dealkylation sites (N-methyl/N-ethyl adjacent to an activating group) is 1. The number of hydrogen-bond acceptors (Lipinski definition) is 9. The van der Waals surface area contributed by atoms with Gasteiger partial charge in [0.05, 0.1) is 21.4 Å². The van der Waals surface area contributed by atoms with Gasteiger partial charge in [-0.15, -0.1) is 11.3 Å². The monoisotopic (exact) mass is 536 g/mol. The molecule has 0 radical (unpaired) electrons. The van der Waals surface area contributed by atoms with Crippen molar-refractivity contribution in [3.63, 3.8) is 0 Å². The molecule has 1 N–H and O–H groups in total. The van der Waals surface area contributed by atoms with E-state index in [9.17, 15) is 0 Å². The van der Waals surface area contributed by atoms with Crippen LogP contribution in [0.2, 0.25) is 0 Å². The number of hydrogen-bond donors (Lipinski definition) is 1. The summed E-state index contributed by atoms with van der Waals surface area (Å²) in [6.45, 7) is 11.4. The van der Waals surface area contributed by atoms with Crippen LogP contribution in [0.15, 0.2) is 66.4 Å². The number of rotatable bonds is 7. The SMILES string of the molecule is CCN1CCN(c2ncc(-c3cccc([C@H](C)Nc4cc(-c5ccc6ncsc6c5)nc(C)n4)c3)cn2)CC1. The Hall–Kier alpha value is -3.95. The summed E-state index contributed by atoms with van der Waals surface area (Å²) in [6.07, 6.45) is 3.87. The van der Waals surface area contributed by atoms with Crippen LogP contribution in [0.5, 0.6) is 0 Å². The molecule has 198 valence electrons. The van der Waals surface area contributed by atoms with E-state index in [-0.39, 0.29) is 6.04 Å². The average Bonchev–Trinajstić information content (AvgIpc) is 3.45. The molecule has 6 rings (SSSR count). The first-order chi connectivity index (χ1) is 19.1. The van der Waals surface area contributed by atoms with E-state index in [1.807, 2.05) is 37.0 Å². The van der Waals surface area contributed by atoms with Gasteiger partial charge in [0, 0.05) is 61.8 Å². The zero-order chi connectivity index (χ0) is 26.8. The molecule has 0 saturated carbocycles. The molecule has 1 aliphatic rings. The van der Waals surface area contributed by atoms with Crippen LogP contribution >= 0.6 is 11.3 Å². The van der Waals surface area contributed by atoms with Crippen molar-refractivity contribution in [1.82, 2.24) is 29.8 Å². The Morgan fingerprint density at radius 1 is 0.897 bits per heavy atom. The molecule has 1 atom stereocenters. The molecule has 39 heavy (non-hydrogen) atoms. The molecule has 4 heterocycles. The molecule has 0 amide bonds. The van der Waals surface area contributed by atoms with Gasteiger partial charge in [0.25, 0.3) is 0 Å². The smallest absolute Gasteiger partial charge is 0.225 e. The van der Waals surface area contributed by atoms with Crippen molar-refractivity contribution in [3.05, 3.63) is 77.8 Å². The molecule has 2 aromatic carbocycles. The highest BCUT2D eigenvalue weighted by atomic mass is 32.1. The van der Waals surface area contributed by atoms with Crippen LogP contribution in [-0.4, -0.2) is 62.5 Å². The van der Waals surface area contributed by atoms with Gasteiger partial charge in [0.1, 0.15) is 11.6 Å². The predicted octanol–water partition coefficient (Wildman–Crippen LogP) is 5.83.